The van der Waals surface area contributed by atoms with Crippen molar-refractivity contribution in [3.05, 3.63) is 11.4 Å². The Bertz CT molecular complexity index is 498. The Kier molecular flexibility index (Phi) is 4.26. The van der Waals surface area contributed by atoms with Gasteiger partial charge in [0, 0.05) is 19.1 Å². The molecule has 0 unspecified atom stereocenters. The standard InChI is InChI=1S/C11H18N2O3S2/c1-16-10-5-7-17-11(10)18(14,15)13-6-3-2-4-9(13)8-12/h5,7,9H,2-4,6,8,12H2,1H3/t9-/m0/s1. The summed E-state index contributed by atoms with van der Waals surface area (Å²) in [6.07, 6.45) is 2.77. The topological polar surface area (TPSA) is 72.6 Å². The van der Waals surface area contributed by atoms with Crippen molar-refractivity contribution in [1.29, 1.82) is 0 Å². The van der Waals surface area contributed by atoms with Gasteiger partial charge in [-0.25, -0.2) is 8.42 Å². The summed E-state index contributed by atoms with van der Waals surface area (Å²) < 4.78 is 32.1. The van der Waals surface area contributed by atoms with Crippen LogP contribution in [0.1, 0.15) is 19.3 Å². The first-order chi connectivity index (χ1) is 8.61. The highest BCUT2D eigenvalue weighted by Gasteiger charge is 2.35. The average Bonchev–Trinajstić information content (AvgIpc) is 2.87. The van der Waals surface area contributed by atoms with Crippen LogP contribution in [0.5, 0.6) is 5.75 Å². The predicted octanol–water partition coefficient (Wildman–Crippen LogP) is 1.26. The molecule has 18 heavy (non-hydrogen) atoms. The van der Waals surface area contributed by atoms with Crippen LogP contribution >= 0.6 is 11.3 Å². The first kappa shape index (κ1) is 13.8. The maximum atomic E-state index is 12.6. The third-order valence-corrected chi connectivity index (χ3v) is 6.58. The molecule has 0 aliphatic carbocycles. The van der Waals surface area contributed by atoms with Crippen LogP contribution in [-0.4, -0.2) is 39.0 Å². The van der Waals surface area contributed by atoms with Gasteiger partial charge in [0.1, 0.15) is 5.75 Å². The fourth-order valence-corrected chi connectivity index (χ4v) is 5.35. The molecule has 0 bridgehead atoms. The molecule has 1 atom stereocenters. The molecule has 1 saturated heterocycles. The van der Waals surface area contributed by atoms with Crippen molar-refractivity contribution in [2.75, 3.05) is 20.2 Å². The molecule has 102 valence electrons. The van der Waals surface area contributed by atoms with Gasteiger partial charge in [0.2, 0.25) is 0 Å². The van der Waals surface area contributed by atoms with Gasteiger partial charge in [-0.15, -0.1) is 11.3 Å². The Morgan fingerprint density at radius 1 is 1.56 bits per heavy atom. The fourth-order valence-electron chi connectivity index (χ4n) is 2.26. The number of nitrogens with zero attached hydrogens (tertiary/aromatic N) is 1. The maximum absolute atomic E-state index is 12.6. The van der Waals surface area contributed by atoms with Crippen LogP contribution in [0.4, 0.5) is 0 Å². The molecule has 0 radical (unpaired) electrons. The summed E-state index contributed by atoms with van der Waals surface area (Å²) in [5.74, 6) is 0.418. The lowest BCUT2D eigenvalue weighted by molar-refractivity contribution is 0.257. The van der Waals surface area contributed by atoms with E-state index in [1.807, 2.05) is 0 Å². The third kappa shape index (κ3) is 2.40. The minimum atomic E-state index is -3.48. The van der Waals surface area contributed by atoms with Gasteiger partial charge in [0.15, 0.2) is 4.21 Å². The first-order valence-corrected chi connectivity index (χ1v) is 8.26. The highest BCUT2D eigenvalue weighted by Crippen LogP contribution is 2.34. The van der Waals surface area contributed by atoms with Gasteiger partial charge < -0.3 is 10.5 Å². The number of hydrogen-bond acceptors (Lipinski definition) is 5. The Hall–Kier alpha value is -0.630. The number of ether oxygens (including phenoxy) is 1. The van der Waals surface area contributed by atoms with Crippen LogP contribution < -0.4 is 10.5 Å². The molecule has 2 rings (SSSR count). The van der Waals surface area contributed by atoms with E-state index in [0.717, 1.165) is 19.3 Å². The predicted molar refractivity (Wildman–Crippen MR) is 71.5 cm³/mol. The van der Waals surface area contributed by atoms with Gasteiger partial charge in [0.25, 0.3) is 10.0 Å². The zero-order chi connectivity index (χ0) is 13.2. The largest absolute Gasteiger partial charge is 0.494 e. The zero-order valence-corrected chi connectivity index (χ0v) is 12.0. The van der Waals surface area contributed by atoms with E-state index in [9.17, 15) is 8.42 Å². The lowest BCUT2D eigenvalue weighted by Crippen LogP contribution is -2.47. The number of nitrogens with two attached hydrogens (primary N) is 1. The lowest BCUT2D eigenvalue weighted by Gasteiger charge is -2.33. The van der Waals surface area contributed by atoms with E-state index in [1.54, 1.807) is 11.4 Å². The summed E-state index contributed by atoms with van der Waals surface area (Å²) >= 11 is 1.19. The summed E-state index contributed by atoms with van der Waals surface area (Å²) in [7, 11) is -1.99. The van der Waals surface area contributed by atoms with Gasteiger partial charge in [-0.2, -0.15) is 4.31 Å². The Balaban J connectivity index is 2.35. The number of thiophene rings is 1. The molecular formula is C11H18N2O3S2. The molecule has 1 aliphatic rings. The highest BCUT2D eigenvalue weighted by atomic mass is 32.2. The van der Waals surface area contributed by atoms with Gasteiger partial charge in [-0.05, 0) is 24.3 Å². The molecular weight excluding hydrogens is 272 g/mol. The van der Waals surface area contributed by atoms with E-state index < -0.39 is 10.0 Å². The molecule has 0 aromatic carbocycles. The quantitative estimate of drug-likeness (QED) is 0.906. The van der Waals surface area contributed by atoms with Crippen molar-refractivity contribution in [1.82, 2.24) is 4.31 Å². The van der Waals surface area contributed by atoms with Crippen molar-refractivity contribution < 1.29 is 13.2 Å². The molecule has 1 aromatic heterocycles. The minimum Gasteiger partial charge on any atom is -0.494 e. The average molecular weight is 290 g/mol. The third-order valence-electron chi connectivity index (χ3n) is 3.20. The maximum Gasteiger partial charge on any atom is 0.256 e. The summed E-state index contributed by atoms with van der Waals surface area (Å²) in [5.41, 5.74) is 5.68. The van der Waals surface area contributed by atoms with Gasteiger partial charge in [-0.3, -0.25) is 0 Å². The minimum absolute atomic E-state index is 0.0874. The van der Waals surface area contributed by atoms with Crippen LogP contribution in [0.15, 0.2) is 15.7 Å². The molecule has 2 heterocycles. The number of methoxy groups -OCH3 is 1. The van der Waals surface area contributed by atoms with Gasteiger partial charge >= 0.3 is 0 Å². The zero-order valence-electron chi connectivity index (χ0n) is 10.3. The van der Waals surface area contributed by atoms with Crippen LogP contribution in [-0.2, 0) is 10.0 Å². The molecule has 0 spiro atoms. The van der Waals surface area contributed by atoms with E-state index in [0.29, 0.717) is 18.8 Å². The second-order valence-electron chi connectivity index (χ2n) is 4.28. The second kappa shape index (κ2) is 5.56. The normalized spacial score (nSPS) is 22.0. The monoisotopic (exact) mass is 290 g/mol. The van der Waals surface area contributed by atoms with Crippen LogP contribution in [0.2, 0.25) is 0 Å². The fraction of sp³-hybridized carbons (Fsp3) is 0.636. The number of piperidine rings is 1. The summed E-state index contributed by atoms with van der Waals surface area (Å²) in [5, 5.41) is 1.73. The lowest BCUT2D eigenvalue weighted by atomic mass is 10.1. The number of rotatable bonds is 4. The molecule has 7 heteroatoms. The Morgan fingerprint density at radius 3 is 3.00 bits per heavy atom. The van der Waals surface area contributed by atoms with Gasteiger partial charge in [0.05, 0.1) is 7.11 Å². The van der Waals surface area contributed by atoms with E-state index in [1.165, 1.54) is 22.8 Å². The van der Waals surface area contributed by atoms with Crippen molar-refractivity contribution in [2.24, 2.45) is 5.73 Å². The number of hydrogen-bond donors (Lipinski definition) is 1. The molecule has 2 N–H and O–H groups in total. The Morgan fingerprint density at radius 2 is 2.33 bits per heavy atom. The molecule has 0 amide bonds. The molecule has 5 nitrogen and oxygen atoms in total. The van der Waals surface area contributed by atoms with Crippen molar-refractivity contribution in [3.8, 4) is 5.75 Å². The van der Waals surface area contributed by atoms with Crippen molar-refractivity contribution in [2.45, 2.75) is 29.5 Å². The number of sulfonamides is 1. The first-order valence-electron chi connectivity index (χ1n) is 5.94. The van der Waals surface area contributed by atoms with Crippen molar-refractivity contribution >= 4 is 21.4 Å². The van der Waals surface area contributed by atoms with E-state index in [2.05, 4.69) is 0 Å². The van der Waals surface area contributed by atoms with Crippen molar-refractivity contribution in [3.63, 3.8) is 0 Å². The molecule has 0 saturated carbocycles. The SMILES string of the molecule is COc1ccsc1S(=O)(=O)N1CCCC[C@H]1CN. The van der Waals surface area contributed by atoms with Gasteiger partial charge in [-0.1, -0.05) is 6.42 Å². The van der Waals surface area contributed by atoms with Crippen LogP contribution in [0, 0.1) is 0 Å². The highest BCUT2D eigenvalue weighted by molar-refractivity contribution is 7.91. The smallest absolute Gasteiger partial charge is 0.256 e. The van der Waals surface area contributed by atoms with E-state index >= 15 is 0 Å². The molecule has 1 aromatic rings. The molecule has 1 fully saturated rings. The molecule has 1 aliphatic heterocycles. The van der Waals surface area contributed by atoms with E-state index in [4.69, 9.17) is 10.5 Å². The Labute approximate surface area is 112 Å². The van der Waals surface area contributed by atoms with Crippen LogP contribution in [0.3, 0.4) is 0 Å². The van der Waals surface area contributed by atoms with E-state index in [-0.39, 0.29) is 10.3 Å². The van der Waals surface area contributed by atoms with Crippen LogP contribution in [0.25, 0.3) is 0 Å². The summed E-state index contributed by atoms with van der Waals surface area (Å²) in [4.78, 5) is 0. The summed E-state index contributed by atoms with van der Waals surface area (Å²) in [6, 6.07) is 1.59. The second-order valence-corrected chi connectivity index (χ2v) is 7.28. The summed E-state index contributed by atoms with van der Waals surface area (Å²) in [6.45, 7) is 0.915.